The van der Waals surface area contributed by atoms with Crippen LogP contribution in [0.1, 0.15) is 7.13 Å². The maximum absolute atomic E-state index is 8.56. The van der Waals surface area contributed by atoms with Gasteiger partial charge in [-0.3, -0.25) is 0 Å². The van der Waals surface area contributed by atoms with Crippen molar-refractivity contribution in [3.8, 4) is 0 Å². The molecular weight excluding hydrogens is 318 g/mol. The van der Waals surface area contributed by atoms with Crippen LogP contribution in [-0.2, 0) is 26.2 Å². The van der Waals surface area contributed by atoms with Gasteiger partial charge in [0, 0.05) is 26.2 Å². The Bertz CT molecular complexity index is 56.7. The van der Waals surface area contributed by atoms with Gasteiger partial charge in [0.15, 0.2) is 0 Å². The fourth-order valence-corrected chi connectivity index (χ4v) is 0. The van der Waals surface area contributed by atoms with Crippen LogP contribution in [0.3, 0.4) is 0 Å². The normalized spacial score (nSPS) is 2.67. The van der Waals surface area contributed by atoms with Crippen molar-refractivity contribution in [2.24, 2.45) is 0 Å². The van der Waals surface area contributed by atoms with Crippen molar-refractivity contribution in [3.63, 3.8) is 0 Å². The number of rotatable bonds is 0. The van der Waals surface area contributed by atoms with E-state index in [4.69, 9.17) is 15.0 Å². The van der Waals surface area contributed by atoms with Crippen LogP contribution in [-0.4, -0.2) is 105 Å². The van der Waals surface area contributed by atoms with E-state index in [0.717, 1.165) is 0 Å². The molecule has 0 rings (SSSR count). The average Bonchev–Trinajstić information content (AvgIpc) is 0.811. The summed E-state index contributed by atoms with van der Waals surface area (Å²) in [6, 6.07) is 0. The van der Waals surface area contributed by atoms with Gasteiger partial charge in [0.25, 0.3) is 0 Å². The third kappa shape index (κ3) is 77.5. The van der Waals surface area contributed by atoms with Gasteiger partial charge < -0.3 is 22.8 Å². The van der Waals surface area contributed by atoms with E-state index in [-0.39, 0.29) is 152 Å². The van der Waals surface area contributed by atoms with E-state index in [1.54, 1.807) is 0 Å². The van der Waals surface area contributed by atoms with Gasteiger partial charge in [0.2, 0.25) is 0 Å². The van der Waals surface area contributed by atoms with Crippen LogP contribution in [0.15, 0.2) is 0 Å². The van der Waals surface area contributed by atoms with E-state index >= 15 is 0 Å². The van der Waals surface area contributed by atoms with Crippen LogP contribution in [0.4, 0.5) is 4.79 Å². The third-order valence-electron chi connectivity index (χ3n) is 0. The summed E-state index contributed by atoms with van der Waals surface area (Å²) in [6.07, 6.45) is -1.83. The predicted octanol–water partition coefficient (Wildman–Crippen LogP) is -3.80. The summed E-state index contributed by atoms with van der Waals surface area (Å²) >= 11 is 0. The third-order valence-corrected chi connectivity index (χ3v) is 0. The molecule has 0 aliphatic rings. The van der Waals surface area contributed by atoms with E-state index in [9.17, 15) is 0 Å². The van der Waals surface area contributed by atoms with Crippen LogP contribution < -0.4 is 29.6 Å². The summed E-state index contributed by atoms with van der Waals surface area (Å²) in [5.41, 5.74) is 0. The molecule has 9 heavy (non-hydrogen) atoms. The van der Waals surface area contributed by atoms with Crippen LogP contribution in [0, 0.1) is 0 Å². The fraction of sp³-hybridized carbons (Fsp3) is 0. The molecule has 8 heteroatoms. The Morgan fingerprint density at radius 3 is 1.33 bits per heavy atom. The van der Waals surface area contributed by atoms with Crippen molar-refractivity contribution in [2.45, 2.75) is 0 Å². The first-order valence-electron chi connectivity index (χ1n) is 0.651. The molecule has 0 aromatic carbocycles. The second kappa shape index (κ2) is 29.7. The maximum Gasteiger partial charge on any atom is 2.00 e. The number of hydrogen-bond donors (Lipinski definition) is 2. The van der Waals surface area contributed by atoms with Gasteiger partial charge in [-0.2, -0.15) is 0 Å². The van der Waals surface area contributed by atoms with Crippen molar-refractivity contribution >= 4 is 89.4 Å². The number of carboxylic acid groups (broad SMARTS) is 2. The number of hydrogen-bond acceptors (Lipinski definition) is 1. The topological polar surface area (TPSA) is 89.0 Å². The first-order chi connectivity index (χ1) is 1.73. The van der Waals surface area contributed by atoms with Gasteiger partial charge >= 0.3 is 119 Å². The van der Waals surface area contributed by atoms with Crippen LogP contribution >= 0.6 is 0 Å². The second-order valence-electron chi connectivity index (χ2n) is 0.283. The monoisotopic (exact) mass is 326 g/mol. The van der Waals surface area contributed by atoms with Crippen molar-refractivity contribution in [1.29, 1.82) is 0 Å². The molecule has 0 saturated carbocycles. The molecule has 0 atom stereocenters. The van der Waals surface area contributed by atoms with E-state index in [2.05, 4.69) is 0 Å². The Hall–Kier alpha value is 3.85. The zero-order valence-corrected chi connectivity index (χ0v) is 15.4. The molecule has 0 heterocycles. The second-order valence-corrected chi connectivity index (χ2v) is 0.283. The van der Waals surface area contributed by atoms with Crippen molar-refractivity contribution in [2.75, 3.05) is 0 Å². The van der Waals surface area contributed by atoms with Gasteiger partial charge in [-0.25, -0.2) is 4.79 Å². The number of carbonyl (C=O) groups is 1. The Morgan fingerprint density at radius 1 is 1.33 bits per heavy atom. The summed E-state index contributed by atoms with van der Waals surface area (Å²) in [4.78, 5) is 8.56. The van der Waals surface area contributed by atoms with Gasteiger partial charge in [-0.15, -0.1) is 0 Å². The summed E-state index contributed by atoms with van der Waals surface area (Å²) in [6.45, 7) is 0. The van der Waals surface area contributed by atoms with Crippen LogP contribution in [0.2, 0.25) is 0 Å². The van der Waals surface area contributed by atoms with Crippen molar-refractivity contribution in [3.05, 3.63) is 0 Å². The molecule has 0 aliphatic carbocycles. The van der Waals surface area contributed by atoms with E-state index in [1.165, 1.54) is 0 Å². The van der Waals surface area contributed by atoms with Gasteiger partial charge in [-0.1, -0.05) is 0 Å². The molecule has 0 saturated heterocycles. The first kappa shape index (κ1) is 38.4. The van der Waals surface area contributed by atoms with Gasteiger partial charge in [0.05, 0.1) is 0 Å². The minimum atomic E-state index is -1.83. The van der Waals surface area contributed by atoms with Crippen LogP contribution in [0.5, 0.6) is 0 Å². The smallest absolute Gasteiger partial charge is 1.00 e. The van der Waals surface area contributed by atoms with E-state index in [1.807, 2.05) is 0 Å². The van der Waals surface area contributed by atoms with E-state index in [0.29, 0.717) is 0 Å². The molecule has 0 aliphatic heterocycles. The van der Waals surface area contributed by atoms with Crippen molar-refractivity contribution < 1.29 is 83.4 Å². The van der Waals surface area contributed by atoms with Gasteiger partial charge in [0.1, 0.15) is 0 Å². The average molecular weight is 327 g/mol. The molecule has 0 bridgehead atoms. The maximum atomic E-state index is 8.56. The summed E-state index contributed by atoms with van der Waals surface area (Å²) in [5, 5.41) is 13.9. The summed E-state index contributed by atoms with van der Waals surface area (Å²) < 4.78 is 0. The van der Waals surface area contributed by atoms with E-state index < -0.39 is 6.16 Å². The molecule has 46 valence electrons. The predicted molar refractivity (Wildman–Crippen MR) is 31.3 cm³/mol. The molecule has 4 nitrogen and oxygen atoms in total. The molecule has 0 radical (unpaired) electrons. The molecule has 0 aromatic heterocycles. The fourth-order valence-electron chi connectivity index (χ4n) is 0. The molecule has 0 amide bonds. The SMILES string of the molecule is O.O=C(O)O.[Ca+2].[H-].[H-].[H-].[H-].[H-].[Na+].[Sr+2].[Zr]. The summed E-state index contributed by atoms with van der Waals surface area (Å²) in [7, 11) is 0. The standard InChI is InChI=1S/CH2O3.Ca.Na.H2O.Sr.Zr.5H/c2-1(3)4;;;;;;;;;;/h(H2,2,3,4);;;1H2;;;;;;;/q;+2;+1;;+2;;5*-1. The zero-order chi connectivity index (χ0) is 3.58. The molecule has 0 aromatic rings. The Labute approximate surface area is 169 Å². The Balaban J connectivity index is -0.000000001000. The molecule has 0 unspecified atom stereocenters. The molecule has 0 spiro atoms. The molecule has 0 fully saturated rings. The largest absolute Gasteiger partial charge is 2.00 e. The van der Waals surface area contributed by atoms with Gasteiger partial charge in [-0.05, 0) is 0 Å². The Kier molecular flexibility index (Phi) is 127. The molecular formula is CH9CaNaO4SrZr. The zero-order valence-electron chi connectivity index (χ0n) is 10.2. The summed E-state index contributed by atoms with van der Waals surface area (Å²) in [5.74, 6) is 0. The minimum Gasteiger partial charge on any atom is -1.00 e. The van der Waals surface area contributed by atoms with Crippen LogP contribution in [0.25, 0.3) is 0 Å². The first-order valence-corrected chi connectivity index (χ1v) is 0.651. The molecule has 4 N–H and O–H groups in total. The minimum absolute atomic E-state index is 0. The Morgan fingerprint density at radius 2 is 1.33 bits per heavy atom. The quantitative estimate of drug-likeness (QED) is 0.447. The van der Waals surface area contributed by atoms with Crippen molar-refractivity contribution in [1.82, 2.24) is 0 Å².